The van der Waals surface area contributed by atoms with Crippen LogP contribution in [0.15, 0.2) is 36.4 Å². The van der Waals surface area contributed by atoms with Gasteiger partial charge in [-0.15, -0.1) is 0 Å². The van der Waals surface area contributed by atoms with Crippen LogP contribution in [0, 0.1) is 5.92 Å². The zero-order valence-electron chi connectivity index (χ0n) is 13.7. The maximum Gasteiger partial charge on any atom is 0.320 e. The van der Waals surface area contributed by atoms with Crippen molar-refractivity contribution in [3.8, 4) is 0 Å². The summed E-state index contributed by atoms with van der Waals surface area (Å²) in [5, 5.41) is 11.7. The molecule has 0 saturated carbocycles. The van der Waals surface area contributed by atoms with E-state index in [0.717, 1.165) is 24.8 Å². The number of carbonyl (C=O) groups is 2. The van der Waals surface area contributed by atoms with Crippen molar-refractivity contribution in [2.45, 2.75) is 44.2 Å². The van der Waals surface area contributed by atoms with Crippen LogP contribution in [0.1, 0.15) is 31.2 Å². The van der Waals surface area contributed by atoms with Gasteiger partial charge in [0.15, 0.2) is 0 Å². The fraction of sp³-hybridized carbons (Fsp3) is 0.444. The zero-order chi connectivity index (χ0) is 17.5. The molecule has 0 radical (unpaired) electrons. The van der Waals surface area contributed by atoms with Crippen molar-refractivity contribution in [1.29, 1.82) is 0 Å². The average molecular weight is 331 g/mol. The first-order valence-electron chi connectivity index (χ1n) is 8.24. The number of allylic oxidation sites excluding steroid dienone is 2. The lowest BCUT2D eigenvalue weighted by molar-refractivity contribution is -0.138. The number of rotatable bonds is 7. The van der Waals surface area contributed by atoms with E-state index in [1.807, 2.05) is 0 Å². The van der Waals surface area contributed by atoms with Gasteiger partial charge in [0.2, 0.25) is 5.91 Å². The number of carbonyl (C=O) groups excluding carboxylic acids is 1. The largest absolute Gasteiger partial charge is 0.480 e. The minimum atomic E-state index is -1.05. The molecule has 6 heteroatoms. The average Bonchev–Trinajstić information content (AvgIpc) is 2.56. The monoisotopic (exact) mass is 331 g/mol. The highest BCUT2D eigenvalue weighted by Gasteiger charge is 2.20. The summed E-state index contributed by atoms with van der Waals surface area (Å²) in [6.45, 7) is 0. The number of benzene rings is 1. The Morgan fingerprint density at radius 2 is 2.04 bits per heavy atom. The second kappa shape index (κ2) is 8.61. The second-order valence-corrected chi connectivity index (χ2v) is 6.33. The van der Waals surface area contributed by atoms with Crippen molar-refractivity contribution in [2.75, 3.05) is 5.32 Å². The molecule has 0 bridgehead atoms. The van der Waals surface area contributed by atoms with E-state index in [1.165, 1.54) is 0 Å². The molecule has 0 saturated heterocycles. The molecular formula is C18H25N3O3. The molecule has 24 heavy (non-hydrogen) atoms. The summed E-state index contributed by atoms with van der Waals surface area (Å²) in [6, 6.07) is 5.52. The Bertz CT molecular complexity index is 615. The van der Waals surface area contributed by atoms with Gasteiger partial charge in [-0.2, -0.15) is 0 Å². The highest BCUT2D eigenvalue weighted by Crippen LogP contribution is 2.23. The van der Waals surface area contributed by atoms with E-state index in [1.54, 1.807) is 24.3 Å². The number of anilines is 1. The third-order valence-corrected chi connectivity index (χ3v) is 4.27. The van der Waals surface area contributed by atoms with Crippen molar-refractivity contribution >= 4 is 17.6 Å². The van der Waals surface area contributed by atoms with E-state index in [2.05, 4.69) is 17.5 Å². The van der Waals surface area contributed by atoms with Crippen LogP contribution in [-0.4, -0.2) is 29.1 Å². The van der Waals surface area contributed by atoms with E-state index >= 15 is 0 Å². The predicted octanol–water partition coefficient (Wildman–Crippen LogP) is 1.65. The van der Waals surface area contributed by atoms with E-state index in [4.69, 9.17) is 16.6 Å². The highest BCUT2D eigenvalue weighted by atomic mass is 16.4. The van der Waals surface area contributed by atoms with Crippen molar-refractivity contribution in [3.63, 3.8) is 0 Å². The smallest absolute Gasteiger partial charge is 0.320 e. The lowest BCUT2D eigenvalue weighted by atomic mass is 9.88. The van der Waals surface area contributed by atoms with E-state index < -0.39 is 18.1 Å². The summed E-state index contributed by atoms with van der Waals surface area (Å²) >= 11 is 0. The van der Waals surface area contributed by atoms with Crippen LogP contribution in [0.5, 0.6) is 0 Å². The maximum atomic E-state index is 12.3. The van der Waals surface area contributed by atoms with E-state index in [-0.39, 0.29) is 12.3 Å². The van der Waals surface area contributed by atoms with Crippen LogP contribution in [0.4, 0.5) is 5.69 Å². The fourth-order valence-electron chi connectivity index (χ4n) is 2.89. The Morgan fingerprint density at radius 1 is 1.25 bits per heavy atom. The first kappa shape index (κ1) is 18.2. The lowest BCUT2D eigenvalue weighted by Gasteiger charge is -2.21. The molecule has 1 aromatic carbocycles. The molecule has 1 aliphatic carbocycles. The summed E-state index contributed by atoms with van der Waals surface area (Å²) in [5.74, 6) is -0.812. The third-order valence-electron chi connectivity index (χ3n) is 4.27. The van der Waals surface area contributed by atoms with E-state index in [9.17, 15) is 9.59 Å². The first-order valence-corrected chi connectivity index (χ1v) is 8.24. The second-order valence-electron chi connectivity index (χ2n) is 6.33. The molecule has 0 aromatic heterocycles. The topological polar surface area (TPSA) is 118 Å². The molecule has 0 spiro atoms. The van der Waals surface area contributed by atoms with Crippen molar-refractivity contribution in [3.05, 3.63) is 42.0 Å². The van der Waals surface area contributed by atoms with Gasteiger partial charge >= 0.3 is 5.97 Å². The van der Waals surface area contributed by atoms with Crippen LogP contribution in [0.2, 0.25) is 0 Å². The Kier molecular flexibility index (Phi) is 6.52. The summed E-state index contributed by atoms with van der Waals surface area (Å²) < 4.78 is 0. The third kappa shape index (κ3) is 5.47. The molecule has 1 amide bonds. The molecule has 6 N–H and O–H groups in total. The molecule has 0 aliphatic heterocycles. The molecular weight excluding hydrogens is 306 g/mol. The Hall–Kier alpha value is -2.18. The summed E-state index contributed by atoms with van der Waals surface area (Å²) in [5.41, 5.74) is 12.9. The van der Waals surface area contributed by atoms with Gasteiger partial charge in [-0.05, 0) is 55.7 Å². The summed E-state index contributed by atoms with van der Waals surface area (Å²) in [4.78, 5) is 23.1. The summed E-state index contributed by atoms with van der Waals surface area (Å²) in [6.07, 6.45) is 8.27. The fourth-order valence-corrected chi connectivity index (χ4v) is 2.89. The van der Waals surface area contributed by atoms with Crippen LogP contribution < -0.4 is 16.8 Å². The number of hydrogen-bond donors (Lipinski definition) is 4. The van der Waals surface area contributed by atoms with Crippen LogP contribution in [-0.2, 0) is 16.0 Å². The number of aliphatic carboxylic acids is 1. The van der Waals surface area contributed by atoms with Crippen LogP contribution in [0.3, 0.4) is 0 Å². The Balaban J connectivity index is 1.90. The molecule has 6 nitrogen and oxygen atoms in total. The van der Waals surface area contributed by atoms with Crippen molar-refractivity contribution < 1.29 is 14.7 Å². The van der Waals surface area contributed by atoms with Gasteiger partial charge in [0.1, 0.15) is 6.04 Å². The standard InChI is InChI=1S/C18H25N3O3/c19-15(10-12-5-2-1-3-6-12)17(22)21-14-8-4-7-13(9-14)11-16(20)18(23)24/h1-2,4,7-9,12,15-16H,3,5-6,10-11,19-20H2,(H,21,22)(H,23,24). The quantitative estimate of drug-likeness (QED) is 0.567. The van der Waals surface area contributed by atoms with Crippen LogP contribution >= 0.6 is 0 Å². The predicted molar refractivity (Wildman–Crippen MR) is 93.5 cm³/mol. The number of hydrogen-bond acceptors (Lipinski definition) is 4. The van der Waals surface area contributed by atoms with Gasteiger partial charge in [-0.3, -0.25) is 9.59 Å². The molecule has 0 fully saturated rings. The molecule has 2 rings (SSSR count). The van der Waals surface area contributed by atoms with Gasteiger partial charge in [-0.25, -0.2) is 0 Å². The molecule has 3 atom stereocenters. The number of carboxylic acids is 1. The minimum absolute atomic E-state index is 0.208. The minimum Gasteiger partial charge on any atom is -0.480 e. The maximum absolute atomic E-state index is 12.3. The van der Waals surface area contributed by atoms with Crippen molar-refractivity contribution in [1.82, 2.24) is 0 Å². The zero-order valence-corrected chi connectivity index (χ0v) is 13.7. The molecule has 0 heterocycles. The number of carboxylic acid groups (broad SMARTS) is 1. The number of amides is 1. The van der Waals surface area contributed by atoms with Gasteiger partial charge in [0.05, 0.1) is 6.04 Å². The molecule has 1 aliphatic rings. The summed E-state index contributed by atoms with van der Waals surface area (Å²) in [7, 11) is 0. The van der Waals surface area contributed by atoms with E-state index in [0.29, 0.717) is 18.0 Å². The number of nitrogens with one attached hydrogen (secondary N) is 1. The lowest BCUT2D eigenvalue weighted by Crippen LogP contribution is -2.37. The Labute approximate surface area is 141 Å². The Morgan fingerprint density at radius 3 is 2.71 bits per heavy atom. The van der Waals surface area contributed by atoms with Crippen molar-refractivity contribution in [2.24, 2.45) is 17.4 Å². The van der Waals surface area contributed by atoms with Gasteiger partial charge in [0.25, 0.3) is 0 Å². The van der Waals surface area contributed by atoms with Gasteiger partial charge in [-0.1, -0.05) is 24.3 Å². The SMILES string of the molecule is NC(Cc1cccc(NC(=O)C(N)CC2CC=CCC2)c1)C(=O)O. The van der Waals surface area contributed by atoms with Gasteiger partial charge < -0.3 is 21.9 Å². The van der Waals surface area contributed by atoms with Crippen LogP contribution in [0.25, 0.3) is 0 Å². The van der Waals surface area contributed by atoms with Gasteiger partial charge in [0, 0.05) is 5.69 Å². The number of nitrogens with two attached hydrogens (primary N) is 2. The normalized spacial score (nSPS) is 19.5. The molecule has 130 valence electrons. The molecule has 1 aromatic rings. The molecule has 3 unspecified atom stereocenters. The highest BCUT2D eigenvalue weighted by molar-refractivity contribution is 5.94. The first-order chi connectivity index (χ1) is 11.5.